The molecule has 2 aromatic rings. The number of nitrogens with zero attached hydrogens (tertiary/aromatic N) is 3. The van der Waals surface area contributed by atoms with E-state index in [0.717, 1.165) is 55.6 Å². The quantitative estimate of drug-likeness (QED) is 0.549. The summed E-state index contributed by atoms with van der Waals surface area (Å²) in [5, 5.41) is 2.87. The van der Waals surface area contributed by atoms with Crippen molar-refractivity contribution in [3.63, 3.8) is 0 Å². The molecule has 3 rings (SSSR count). The number of benzene rings is 1. The van der Waals surface area contributed by atoms with E-state index < -0.39 is 0 Å². The molecule has 1 N–H and O–H groups in total. The van der Waals surface area contributed by atoms with Gasteiger partial charge in [-0.2, -0.15) is 0 Å². The average Bonchev–Trinajstić information content (AvgIpc) is 2.87. The number of amides is 2. The fourth-order valence-corrected chi connectivity index (χ4v) is 3.85. The molecule has 6 nitrogen and oxygen atoms in total. The number of nitrogens with one attached hydrogen (secondary N) is 1. The van der Waals surface area contributed by atoms with E-state index in [1.54, 1.807) is 6.92 Å². The Labute approximate surface area is 173 Å². The Balaban J connectivity index is 1.64. The monoisotopic (exact) mass is 396 g/mol. The molecule has 1 aromatic carbocycles. The molecule has 1 aliphatic rings. The van der Waals surface area contributed by atoms with E-state index in [2.05, 4.69) is 22.5 Å². The van der Waals surface area contributed by atoms with Crippen LogP contribution in [0.1, 0.15) is 51.3 Å². The first-order chi connectivity index (χ1) is 14.1. The maximum Gasteiger partial charge on any atom is 0.246 e. The van der Waals surface area contributed by atoms with Gasteiger partial charge in [-0.05, 0) is 38.3 Å². The molecule has 1 fully saturated rings. The van der Waals surface area contributed by atoms with Gasteiger partial charge < -0.3 is 14.8 Å². The van der Waals surface area contributed by atoms with Crippen LogP contribution in [0.3, 0.4) is 0 Å². The van der Waals surface area contributed by atoms with Crippen LogP contribution in [-0.4, -0.2) is 45.9 Å². The molecule has 0 bridgehead atoms. The topological polar surface area (TPSA) is 67.2 Å². The zero-order valence-electron chi connectivity index (χ0n) is 17.5. The summed E-state index contributed by atoms with van der Waals surface area (Å²) in [7, 11) is 0. The van der Waals surface area contributed by atoms with E-state index in [-0.39, 0.29) is 11.8 Å². The molecule has 1 saturated heterocycles. The summed E-state index contributed by atoms with van der Waals surface area (Å²) in [5.74, 6) is 1.10. The maximum atomic E-state index is 12.7. The van der Waals surface area contributed by atoms with Crippen molar-refractivity contribution in [1.82, 2.24) is 19.8 Å². The number of rotatable bonds is 8. The maximum absolute atomic E-state index is 12.7. The summed E-state index contributed by atoms with van der Waals surface area (Å²) in [5.41, 5.74) is 2.54. The predicted molar refractivity (Wildman–Crippen MR) is 116 cm³/mol. The van der Waals surface area contributed by atoms with Crippen molar-refractivity contribution < 1.29 is 9.59 Å². The Hall–Kier alpha value is -2.63. The van der Waals surface area contributed by atoms with Crippen LogP contribution in [0.25, 0.3) is 11.0 Å². The number of fused-ring (bicyclic) bond motifs is 1. The average molecular weight is 397 g/mol. The normalized spacial score (nSPS) is 14.6. The van der Waals surface area contributed by atoms with E-state index in [1.807, 2.05) is 23.1 Å². The fourth-order valence-electron chi connectivity index (χ4n) is 3.85. The molecule has 1 aromatic heterocycles. The summed E-state index contributed by atoms with van der Waals surface area (Å²) >= 11 is 0. The van der Waals surface area contributed by atoms with Crippen LogP contribution >= 0.6 is 0 Å². The summed E-state index contributed by atoms with van der Waals surface area (Å²) in [6.45, 7) is 8.36. The Kier molecular flexibility index (Phi) is 7.44. The van der Waals surface area contributed by atoms with Gasteiger partial charge in [0.1, 0.15) is 5.82 Å². The van der Waals surface area contributed by atoms with Gasteiger partial charge >= 0.3 is 0 Å². The molecular formula is C23H32N4O2. The highest BCUT2D eigenvalue weighted by Crippen LogP contribution is 2.18. The van der Waals surface area contributed by atoms with E-state index in [4.69, 9.17) is 4.98 Å². The number of likely N-dealkylation sites (tertiary alicyclic amines) is 1. The van der Waals surface area contributed by atoms with Crippen LogP contribution in [0.15, 0.2) is 36.4 Å². The molecule has 2 heterocycles. The van der Waals surface area contributed by atoms with Gasteiger partial charge in [-0.3, -0.25) is 9.59 Å². The van der Waals surface area contributed by atoms with Gasteiger partial charge in [0.25, 0.3) is 0 Å². The standard InChI is InChI=1S/C23H32N4O2/c1-18(2)23(29)24-14-9-12-21-25-19-10-5-6-11-20(19)27(21)17-13-22(28)26-15-7-3-4-8-16-26/h5-6,10-11H,1,3-4,7-9,12-17H2,2H3,(H,24,29). The van der Waals surface area contributed by atoms with Gasteiger partial charge in [0.15, 0.2) is 0 Å². The lowest BCUT2D eigenvalue weighted by Crippen LogP contribution is -2.32. The van der Waals surface area contributed by atoms with Crippen molar-refractivity contribution in [1.29, 1.82) is 0 Å². The van der Waals surface area contributed by atoms with Crippen molar-refractivity contribution in [2.75, 3.05) is 19.6 Å². The molecule has 0 radical (unpaired) electrons. The minimum Gasteiger partial charge on any atom is -0.352 e. The molecule has 0 atom stereocenters. The fraction of sp³-hybridized carbons (Fsp3) is 0.522. The lowest BCUT2D eigenvalue weighted by atomic mass is 10.2. The van der Waals surface area contributed by atoms with Gasteiger partial charge in [0.2, 0.25) is 11.8 Å². The number of carbonyl (C=O) groups is 2. The van der Waals surface area contributed by atoms with E-state index in [1.165, 1.54) is 12.8 Å². The van der Waals surface area contributed by atoms with Gasteiger partial charge in [0, 0.05) is 44.6 Å². The SMILES string of the molecule is C=C(C)C(=O)NCCCc1nc2ccccc2n1CCC(=O)N1CCCCCC1. The summed E-state index contributed by atoms with van der Waals surface area (Å²) in [6, 6.07) is 8.06. The van der Waals surface area contributed by atoms with Gasteiger partial charge in [-0.1, -0.05) is 31.6 Å². The lowest BCUT2D eigenvalue weighted by Gasteiger charge is -2.20. The number of aryl methyl sites for hydroxylation is 2. The third kappa shape index (κ3) is 5.68. The molecule has 29 heavy (non-hydrogen) atoms. The van der Waals surface area contributed by atoms with Crippen LogP contribution in [-0.2, 0) is 22.6 Å². The first-order valence-corrected chi connectivity index (χ1v) is 10.7. The van der Waals surface area contributed by atoms with Gasteiger partial charge in [-0.25, -0.2) is 4.98 Å². The highest BCUT2D eigenvalue weighted by molar-refractivity contribution is 5.92. The molecule has 0 unspecified atom stereocenters. The van der Waals surface area contributed by atoms with E-state index in [0.29, 0.717) is 25.1 Å². The summed E-state index contributed by atoms with van der Waals surface area (Å²) in [4.78, 5) is 31.2. The second-order valence-electron chi connectivity index (χ2n) is 7.85. The second kappa shape index (κ2) is 10.2. The Morgan fingerprint density at radius 3 is 2.59 bits per heavy atom. The first-order valence-electron chi connectivity index (χ1n) is 10.7. The van der Waals surface area contributed by atoms with Crippen molar-refractivity contribution in [2.45, 2.75) is 58.4 Å². The van der Waals surface area contributed by atoms with Gasteiger partial charge in [0.05, 0.1) is 11.0 Å². The third-order valence-electron chi connectivity index (χ3n) is 5.49. The van der Waals surface area contributed by atoms with Crippen LogP contribution in [0.2, 0.25) is 0 Å². The highest BCUT2D eigenvalue weighted by atomic mass is 16.2. The first kappa shape index (κ1) is 21.1. The van der Waals surface area contributed by atoms with E-state index in [9.17, 15) is 9.59 Å². The summed E-state index contributed by atoms with van der Waals surface area (Å²) < 4.78 is 2.17. The highest BCUT2D eigenvalue weighted by Gasteiger charge is 2.17. The molecule has 2 amide bonds. The van der Waals surface area contributed by atoms with Crippen molar-refractivity contribution in [2.24, 2.45) is 0 Å². The Morgan fingerprint density at radius 2 is 1.86 bits per heavy atom. The van der Waals surface area contributed by atoms with E-state index >= 15 is 0 Å². The van der Waals surface area contributed by atoms with Crippen molar-refractivity contribution in [3.8, 4) is 0 Å². The third-order valence-corrected chi connectivity index (χ3v) is 5.49. The largest absolute Gasteiger partial charge is 0.352 e. The van der Waals surface area contributed by atoms with Crippen molar-refractivity contribution in [3.05, 3.63) is 42.2 Å². The zero-order valence-corrected chi connectivity index (χ0v) is 17.5. The van der Waals surface area contributed by atoms with Crippen molar-refractivity contribution >= 4 is 22.8 Å². The molecular weight excluding hydrogens is 364 g/mol. The minimum absolute atomic E-state index is 0.110. The molecule has 0 spiro atoms. The molecule has 156 valence electrons. The molecule has 1 aliphatic heterocycles. The lowest BCUT2D eigenvalue weighted by molar-refractivity contribution is -0.131. The minimum atomic E-state index is -0.110. The number of hydrogen-bond acceptors (Lipinski definition) is 3. The Bertz CT molecular complexity index is 863. The second-order valence-corrected chi connectivity index (χ2v) is 7.85. The zero-order chi connectivity index (χ0) is 20.6. The Morgan fingerprint density at radius 1 is 1.14 bits per heavy atom. The predicted octanol–water partition coefficient (Wildman–Crippen LogP) is 3.45. The van der Waals surface area contributed by atoms with Crippen LogP contribution in [0, 0.1) is 0 Å². The molecule has 0 aliphatic carbocycles. The number of carbonyl (C=O) groups excluding carboxylic acids is 2. The molecule has 6 heteroatoms. The smallest absolute Gasteiger partial charge is 0.246 e. The number of aromatic nitrogens is 2. The molecule has 0 saturated carbocycles. The van der Waals surface area contributed by atoms with Crippen LogP contribution in [0.4, 0.5) is 0 Å². The van der Waals surface area contributed by atoms with Crippen LogP contribution < -0.4 is 5.32 Å². The number of hydrogen-bond donors (Lipinski definition) is 1. The van der Waals surface area contributed by atoms with Gasteiger partial charge in [-0.15, -0.1) is 0 Å². The number of para-hydroxylation sites is 2. The summed E-state index contributed by atoms with van der Waals surface area (Å²) in [6.07, 6.45) is 6.72. The number of imidazole rings is 1. The van der Waals surface area contributed by atoms with Crippen LogP contribution in [0.5, 0.6) is 0 Å².